The molecule has 2 aromatic rings. The quantitative estimate of drug-likeness (QED) is 0.190. The molecule has 0 spiro atoms. The van der Waals surface area contributed by atoms with E-state index in [1.54, 1.807) is 0 Å². The number of nitrogens with one attached hydrogen (secondary N) is 1. The minimum absolute atomic E-state index is 0.0241. The zero-order valence-electron chi connectivity index (χ0n) is 21.1. The number of ether oxygens (including phenoxy) is 3. The number of hydrogen-bond donors (Lipinski definition) is 3. The molecule has 2 saturated heterocycles. The highest BCUT2D eigenvalue weighted by atomic mass is 127. The summed E-state index contributed by atoms with van der Waals surface area (Å²) in [6, 6.07) is 14.5. The van der Waals surface area contributed by atoms with Crippen molar-refractivity contribution in [3.63, 3.8) is 0 Å². The van der Waals surface area contributed by atoms with Crippen LogP contribution < -0.4 is 11.1 Å². The van der Waals surface area contributed by atoms with E-state index < -0.39 is 34.4 Å². The number of rotatable bonds is 11. The van der Waals surface area contributed by atoms with E-state index in [2.05, 4.69) is 27.9 Å². The molecule has 4 rings (SSSR count). The van der Waals surface area contributed by atoms with Crippen molar-refractivity contribution in [1.29, 1.82) is 0 Å². The predicted octanol–water partition coefficient (Wildman–Crippen LogP) is 2.54. The highest BCUT2D eigenvalue weighted by Gasteiger charge is 2.44. The van der Waals surface area contributed by atoms with Gasteiger partial charge in [0.15, 0.2) is 6.29 Å². The standard InChI is InChI=1S/C26H34IN3O7S/c1-17(27)14-30(38(33,34)20-9-7-19(28)8-10-20)15-23(31)22(13-18-5-3-2-4-6-18)29-26(32)37-24-16-36-25-21(24)11-12-35-25/h2-10,17,21-25,31H,11-16,28H2,1H3,(H,29,32)/t17?,21-,22-,23+,24-,25+/m0/s1. The SMILES string of the molecule is CC(I)CN(C[C@@H](O)[C@H](Cc1ccccc1)NC(=O)O[C@H]1CO[C@H]2OCC[C@H]21)S(=O)(=O)c1ccc(N)cc1. The summed E-state index contributed by atoms with van der Waals surface area (Å²) in [5.41, 5.74) is 7.06. The second-order valence-electron chi connectivity index (χ2n) is 9.65. The molecule has 208 valence electrons. The lowest BCUT2D eigenvalue weighted by molar-refractivity contribution is -0.0907. The van der Waals surface area contributed by atoms with Gasteiger partial charge in [0, 0.05) is 22.7 Å². The number of alkyl carbamates (subject to hydrolysis) is 1. The van der Waals surface area contributed by atoms with E-state index in [-0.39, 0.29) is 47.1 Å². The number of aliphatic hydroxyl groups excluding tert-OH is 1. The summed E-state index contributed by atoms with van der Waals surface area (Å²) >= 11 is 2.15. The Kier molecular flexibility index (Phi) is 9.87. The van der Waals surface area contributed by atoms with Crippen molar-refractivity contribution in [1.82, 2.24) is 9.62 Å². The number of amides is 1. The second-order valence-corrected chi connectivity index (χ2v) is 13.7. The Morgan fingerprint density at radius 3 is 2.58 bits per heavy atom. The number of nitrogens with two attached hydrogens (primary N) is 1. The van der Waals surface area contributed by atoms with Gasteiger partial charge < -0.3 is 30.4 Å². The molecule has 6 atom stereocenters. The third-order valence-corrected chi connectivity index (χ3v) is 8.91. The number of hydrogen-bond acceptors (Lipinski definition) is 8. The molecular formula is C26H34IN3O7S. The fourth-order valence-electron chi connectivity index (χ4n) is 4.70. The highest BCUT2D eigenvalue weighted by molar-refractivity contribution is 14.1. The number of nitrogens with zero attached hydrogens (tertiary/aromatic N) is 1. The van der Waals surface area contributed by atoms with Crippen molar-refractivity contribution in [2.75, 3.05) is 32.0 Å². The fraction of sp³-hybridized carbons (Fsp3) is 0.500. The number of benzene rings is 2. The summed E-state index contributed by atoms with van der Waals surface area (Å²) in [6.07, 6.45) is -1.70. The van der Waals surface area contributed by atoms with Crippen LogP contribution in [0.2, 0.25) is 0 Å². The van der Waals surface area contributed by atoms with Crippen LogP contribution >= 0.6 is 22.6 Å². The van der Waals surface area contributed by atoms with Gasteiger partial charge in [-0.2, -0.15) is 4.31 Å². The molecule has 0 aromatic heterocycles. The Hall–Kier alpha value is -1.97. The molecule has 0 bridgehead atoms. The average molecular weight is 660 g/mol. The first-order valence-electron chi connectivity index (χ1n) is 12.6. The molecule has 0 saturated carbocycles. The van der Waals surface area contributed by atoms with Gasteiger partial charge in [-0.1, -0.05) is 59.8 Å². The van der Waals surface area contributed by atoms with Crippen LogP contribution in [0.15, 0.2) is 59.5 Å². The second kappa shape index (κ2) is 12.9. The largest absolute Gasteiger partial charge is 0.443 e. The van der Waals surface area contributed by atoms with Crippen molar-refractivity contribution in [3.05, 3.63) is 60.2 Å². The molecule has 2 fully saturated rings. The molecule has 1 amide bonds. The molecule has 2 aliphatic heterocycles. The van der Waals surface area contributed by atoms with Gasteiger partial charge in [0.25, 0.3) is 0 Å². The summed E-state index contributed by atoms with van der Waals surface area (Å²) in [6.45, 7) is 2.65. The van der Waals surface area contributed by atoms with E-state index in [0.717, 1.165) is 12.0 Å². The van der Waals surface area contributed by atoms with Gasteiger partial charge in [0.1, 0.15) is 6.10 Å². The topological polar surface area (TPSA) is 140 Å². The Morgan fingerprint density at radius 1 is 1.18 bits per heavy atom. The third kappa shape index (κ3) is 7.36. The molecule has 2 aromatic carbocycles. The molecule has 0 radical (unpaired) electrons. The van der Waals surface area contributed by atoms with E-state index in [1.165, 1.54) is 28.6 Å². The molecule has 38 heavy (non-hydrogen) atoms. The number of anilines is 1. The monoisotopic (exact) mass is 659 g/mol. The molecule has 12 heteroatoms. The van der Waals surface area contributed by atoms with Crippen molar-refractivity contribution >= 4 is 44.4 Å². The minimum Gasteiger partial charge on any atom is -0.443 e. The highest BCUT2D eigenvalue weighted by Crippen LogP contribution is 2.33. The summed E-state index contributed by atoms with van der Waals surface area (Å²) in [5.74, 6) is -0.0241. The van der Waals surface area contributed by atoms with Crippen LogP contribution in [-0.2, 0) is 30.7 Å². The number of halogens is 1. The number of carbonyl (C=O) groups is 1. The van der Waals surface area contributed by atoms with Gasteiger partial charge in [-0.15, -0.1) is 0 Å². The smallest absolute Gasteiger partial charge is 0.407 e. The molecule has 1 unspecified atom stereocenters. The lowest BCUT2D eigenvalue weighted by Crippen LogP contribution is -2.52. The van der Waals surface area contributed by atoms with E-state index in [4.69, 9.17) is 19.9 Å². The summed E-state index contributed by atoms with van der Waals surface area (Å²) in [4.78, 5) is 13.0. The van der Waals surface area contributed by atoms with Gasteiger partial charge in [-0.05, 0) is 42.7 Å². The average Bonchev–Trinajstić information content (AvgIpc) is 3.49. The first-order chi connectivity index (χ1) is 18.1. The maximum absolute atomic E-state index is 13.5. The van der Waals surface area contributed by atoms with Crippen LogP contribution in [0, 0.1) is 5.92 Å². The number of aliphatic hydroxyl groups is 1. The minimum atomic E-state index is -3.93. The molecule has 10 nitrogen and oxygen atoms in total. The summed E-state index contributed by atoms with van der Waals surface area (Å²) < 4.78 is 44.9. The van der Waals surface area contributed by atoms with Gasteiger partial charge >= 0.3 is 6.09 Å². The van der Waals surface area contributed by atoms with Crippen LogP contribution in [0.4, 0.5) is 10.5 Å². The lowest BCUT2D eigenvalue weighted by atomic mass is 10.0. The zero-order valence-corrected chi connectivity index (χ0v) is 24.1. The van der Waals surface area contributed by atoms with Gasteiger partial charge in [0.2, 0.25) is 10.0 Å². The lowest BCUT2D eigenvalue weighted by Gasteiger charge is -2.30. The maximum Gasteiger partial charge on any atom is 0.407 e. The van der Waals surface area contributed by atoms with Crippen LogP contribution in [0.25, 0.3) is 0 Å². The summed E-state index contributed by atoms with van der Waals surface area (Å²) in [7, 11) is -3.93. The number of carbonyl (C=O) groups excluding carboxylic acids is 1. The Balaban J connectivity index is 1.51. The molecule has 2 aliphatic rings. The maximum atomic E-state index is 13.5. The Labute approximate surface area is 237 Å². The molecule has 2 heterocycles. The van der Waals surface area contributed by atoms with E-state index >= 15 is 0 Å². The van der Waals surface area contributed by atoms with Crippen molar-refractivity contribution in [2.45, 2.75) is 53.1 Å². The number of fused-ring (bicyclic) bond motifs is 1. The fourth-order valence-corrected chi connectivity index (χ4v) is 6.99. The van der Waals surface area contributed by atoms with Crippen molar-refractivity contribution < 1.29 is 32.5 Å². The van der Waals surface area contributed by atoms with Crippen molar-refractivity contribution in [3.8, 4) is 0 Å². The Morgan fingerprint density at radius 2 is 1.89 bits per heavy atom. The Bertz CT molecular complexity index is 1170. The molecular weight excluding hydrogens is 625 g/mol. The molecule has 4 N–H and O–H groups in total. The first kappa shape index (κ1) is 29.0. The van der Waals surface area contributed by atoms with Gasteiger partial charge in [-0.25, -0.2) is 13.2 Å². The number of nitrogen functional groups attached to an aromatic ring is 1. The first-order valence-corrected chi connectivity index (χ1v) is 15.2. The number of alkyl halides is 1. The van der Waals surface area contributed by atoms with E-state index in [9.17, 15) is 18.3 Å². The van der Waals surface area contributed by atoms with Gasteiger partial charge in [-0.3, -0.25) is 0 Å². The zero-order chi connectivity index (χ0) is 27.3. The molecule has 0 aliphatic carbocycles. The number of sulfonamides is 1. The van der Waals surface area contributed by atoms with Crippen LogP contribution in [0.5, 0.6) is 0 Å². The predicted molar refractivity (Wildman–Crippen MR) is 150 cm³/mol. The van der Waals surface area contributed by atoms with E-state index in [0.29, 0.717) is 12.3 Å². The van der Waals surface area contributed by atoms with E-state index in [1.807, 2.05) is 37.3 Å². The van der Waals surface area contributed by atoms with Crippen LogP contribution in [0.1, 0.15) is 18.9 Å². The van der Waals surface area contributed by atoms with Crippen LogP contribution in [-0.4, -0.2) is 78.7 Å². The summed E-state index contributed by atoms with van der Waals surface area (Å²) in [5, 5.41) is 14.1. The normalized spacial score (nSPS) is 23.5. The third-order valence-electron chi connectivity index (χ3n) is 6.67. The van der Waals surface area contributed by atoms with Crippen LogP contribution in [0.3, 0.4) is 0 Å². The van der Waals surface area contributed by atoms with Gasteiger partial charge in [0.05, 0.1) is 36.2 Å². The van der Waals surface area contributed by atoms with Crippen molar-refractivity contribution in [2.24, 2.45) is 5.92 Å².